The van der Waals surface area contributed by atoms with Crippen molar-refractivity contribution in [3.05, 3.63) is 106 Å². The van der Waals surface area contributed by atoms with E-state index < -0.39 is 11.9 Å². The summed E-state index contributed by atoms with van der Waals surface area (Å²) in [7, 11) is 0. The summed E-state index contributed by atoms with van der Waals surface area (Å²) in [5.41, 5.74) is 3.66. The molecule has 0 bridgehead atoms. The molecule has 4 aromatic rings. The number of nitrogens with zero attached hydrogens (tertiary/aromatic N) is 1. The van der Waals surface area contributed by atoms with Gasteiger partial charge in [0, 0.05) is 15.6 Å². The fourth-order valence-corrected chi connectivity index (χ4v) is 4.00. The van der Waals surface area contributed by atoms with E-state index in [-0.39, 0.29) is 18.2 Å². The maximum Gasteiger partial charge on any atom is 0.343 e. The van der Waals surface area contributed by atoms with Crippen molar-refractivity contribution in [1.82, 2.24) is 10.7 Å². The quantitative estimate of drug-likeness (QED) is 0.125. The Bertz CT molecular complexity index is 1500. The minimum absolute atomic E-state index is 0.259. The van der Waals surface area contributed by atoms with E-state index in [1.807, 2.05) is 37.3 Å². The largest absolute Gasteiger partial charge is 0.494 e. The van der Waals surface area contributed by atoms with E-state index >= 15 is 0 Å². The molecule has 38 heavy (non-hydrogen) atoms. The van der Waals surface area contributed by atoms with Gasteiger partial charge in [-0.05, 0) is 66.2 Å². The van der Waals surface area contributed by atoms with Crippen LogP contribution in [0.25, 0.3) is 10.8 Å². The molecule has 0 aromatic heterocycles. The van der Waals surface area contributed by atoms with Gasteiger partial charge in [-0.15, -0.1) is 0 Å². The number of amides is 2. The van der Waals surface area contributed by atoms with Gasteiger partial charge in [0.15, 0.2) is 0 Å². The Labute approximate surface area is 227 Å². The van der Waals surface area contributed by atoms with Crippen LogP contribution in [0.5, 0.6) is 11.5 Å². The van der Waals surface area contributed by atoms with Gasteiger partial charge in [-0.3, -0.25) is 9.59 Å². The molecule has 0 saturated carbocycles. The highest BCUT2D eigenvalue weighted by atomic mass is 79.9. The van der Waals surface area contributed by atoms with Gasteiger partial charge in [0.2, 0.25) is 0 Å². The lowest BCUT2D eigenvalue weighted by atomic mass is 10.0. The number of carbonyl (C=O) groups is 3. The lowest BCUT2D eigenvalue weighted by Gasteiger charge is -2.09. The molecule has 0 saturated heterocycles. The lowest BCUT2D eigenvalue weighted by molar-refractivity contribution is -0.120. The fraction of sp³-hybridized carbons (Fsp3) is 0.103. The van der Waals surface area contributed by atoms with Gasteiger partial charge >= 0.3 is 5.97 Å². The molecule has 0 radical (unpaired) electrons. The number of esters is 1. The van der Waals surface area contributed by atoms with Gasteiger partial charge < -0.3 is 14.8 Å². The Morgan fingerprint density at radius 1 is 0.947 bits per heavy atom. The Morgan fingerprint density at radius 2 is 1.71 bits per heavy atom. The number of hydrazone groups is 1. The number of fused-ring (bicyclic) bond motifs is 1. The molecule has 0 atom stereocenters. The zero-order valence-corrected chi connectivity index (χ0v) is 22.0. The zero-order valence-electron chi connectivity index (χ0n) is 20.4. The molecule has 4 rings (SSSR count). The summed E-state index contributed by atoms with van der Waals surface area (Å²) < 4.78 is 11.7. The number of hydrogen-bond acceptors (Lipinski definition) is 6. The monoisotopic (exact) mass is 573 g/mol. The number of ether oxygens (including phenoxy) is 2. The van der Waals surface area contributed by atoms with Crippen LogP contribution in [0, 0.1) is 0 Å². The average molecular weight is 574 g/mol. The molecule has 0 aliphatic rings. The van der Waals surface area contributed by atoms with Gasteiger partial charge in [0.1, 0.15) is 11.5 Å². The Hall–Kier alpha value is -4.50. The van der Waals surface area contributed by atoms with Crippen LogP contribution in [-0.4, -0.2) is 37.1 Å². The molecular weight excluding hydrogens is 550 g/mol. The van der Waals surface area contributed by atoms with Crippen LogP contribution in [0.4, 0.5) is 0 Å². The van der Waals surface area contributed by atoms with Gasteiger partial charge in [0.05, 0.1) is 24.9 Å². The molecule has 0 fully saturated rings. The smallest absolute Gasteiger partial charge is 0.343 e. The van der Waals surface area contributed by atoms with Gasteiger partial charge in [-0.25, -0.2) is 10.2 Å². The summed E-state index contributed by atoms with van der Waals surface area (Å²) in [6, 6.07) is 24.6. The molecule has 9 heteroatoms. The molecule has 0 heterocycles. The molecule has 0 unspecified atom stereocenters. The fourth-order valence-electron chi connectivity index (χ4n) is 3.62. The standard InChI is InChI=1S/C29H24BrN3O5/c1-2-37-23-13-10-20(11-14-23)29(36)38-26-15-12-22(30)16-21(26)17-32-33-27(34)18-31-28(35)25-9-5-7-19-6-3-4-8-24(19)25/h3-17H,2,18H2,1H3,(H,31,35)(H,33,34)/b32-17+. The van der Waals surface area contributed by atoms with Crippen molar-refractivity contribution in [2.75, 3.05) is 13.2 Å². The highest BCUT2D eigenvalue weighted by Gasteiger charge is 2.13. The number of nitrogens with one attached hydrogen (secondary N) is 2. The van der Waals surface area contributed by atoms with Crippen LogP contribution in [0.2, 0.25) is 0 Å². The van der Waals surface area contributed by atoms with Crippen LogP contribution in [-0.2, 0) is 4.79 Å². The van der Waals surface area contributed by atoms with E-state index in [1.165, 1.54) is 6.21 Å². The van der Waals surface area contributed by atoms with Gasteiger partial charge in [-0.2, -0.15) is 5.10 Å². The number of hydrogen-bond donors (Lipinski definition) is 2. The van der Waals surface area contributed by atoms with Crippen molar-refractivity contribution in [1.29, 1.82) is 0 Å². The summed E-state index contributed by atoms with van der Waals surface area (Å²) in [4.78, 5) is 37.5. The molecule has 0 aliphatic heterocycles. The molecule has 4 aromatic carbocycles. The minimum atomic E-state index is -0.551. The summed E-state index contributed by atoms with van der Waals surface area (Å²) >= 11 is 3.38. The van der Waals surface area contributed by atoms with E-state index in [1.54, 1.807) is 54.6 Å². The third kappa shape index (κ3) is 6.83. The summed E-state index contributed by atoms with van der Waals surface area (Å²) in [5, 5.41) is 8.29. The lowest BCUT2D eigenvalue weighted by Crippen LogP contribution is -2.35. The number of carbonyl (C=O) groups excluding carboxylic acids is 3. The third-order valence-corrected chi connectivity index (χ3v) is 5.91. The molecule has 8 nitrogen and oxygen atoms in total. The van der Waals surface area contributed by atoms with Crippen LogP contribution in [0.3, 0.4) is 0 Å². The first-order valence-corrected chi connectivity index (χ1v) is 12.6. The zero-order chi connectivity index (χ0) is 26.9. The molecule has 2 N–H and O–H groups in total. The van der Waals surface area contributed by atoms with Crippen LogP contribution in [0.1, 0.15) is 33.2 Å². The van der Waals surface area contributed by atoms with Crippen molar-refractivity contribution in [3.63, 3.8) is 0 Å². The van der Waals surface area contributed by atoms with Gasteiger partial charge in [0.25, 0.3) is 11.8 Å². The second kappa shape index (κ2) is 12.6. The summed E-state index contributed by atoms with van der Waals surface area (Å²) in [6.45, 7) is 2.14. The Balaban J connectivity index is 1.35. The number of halogens is 1. The van der Waals surface area contributed by atoms with Crippen molar-refractivity contribution in [2.24, 2.45) is 5.10 Å². The first-order chi connectivity index (χ1) is 18.4. The molecular formula is C29H24BrN3O5. The second-order valence-electron chi connectivity index (χ2n) is 8.03. The second-order valence-corrected chi connectivity index (χ2v) is 8.95. The minimum Gasteiger partial charge on any atom is -0.494 e. The third-order valence-electron chi connectivity index (χ3n) is 5.41. The van der Waals surface area contributed by atoms with Crippen LogP contribution >= 0.6 is 15.9 Å². The van der Waals surface area contributed by atoms with Crippen molar-refractivity contribution >= 4 is 50.7 Å². The summed E-state index contributed by atoms with van der Waals surface area (Å²) in [6.07, 6.45) is 1.36. The van der Waals surface area contributed by atoms with Crippen LogP contribution in [0.15, 0.2) is 94.5 Å². The molecule has 0 spiro atoms. The maximum atomic E-state index is 12.6. The maximum absolute atomic E-state index is 12.6. The van der Waals surface area contributed by atoms with Gasteiger partial charge in [-0.1, -0.05) is 52.3 Å². The first-order valence-electron chi connectivity index (χ1n) is 11.8. The van der Waals surface area contributed by atoms with Crippen LogP contribution < -0.4 is 20.2 Å². The predicted octanol–water partition coefficient (Wildman–Crippen LogP) is 5.10. The van der Waals surface area contributed by atoms with E-state index in [2.05, 4.69) is 31.8 Å². The normalized spacial score (nSPS) is 10.8. The Kier molecular flexibility index (Phi) is 8.84. The highest BCUT2D eigenvalue weighted by molar-refractivity contribution is 9.10. The van der Waals surface area contributed by atoms with E-state index in [4.69, 9.17) is 9.47 Å². The SMILES string of the molecule is CCOc1ccc(C(=O)Oc2ccc(Br)cc2/C=N/NC(=O)CNC(=O)c2cccc3ccccc23)cc1. The Morgan fingerprint density at radius 3 is 2.50 bits per heavy atom. The van der Waals surface area contributed by atoms with Crippen molar-refractivity contribution < 1.29 is 23.9 Å². The molecule has 0 aliphatic carbocycles. The van der Waals surface area contributed by atoms with Crippen molar-refractivity contribution in [2.45, 2.75) is 6.92 Å². The van der Waals surface area contributed by atoms with Crippen molar-refractivity contribution in [3.8, 4) is 11.5 Å². The highest BCUT2D eigenvalue weighted by Crippen LogP contribution is 2.23. The average Bonchev–Trinajstić information content (AvgIpc) is 2.93. The first kappa shape index (κ1) is 26.6. The molecule has 192 valence electrons. The number of rotatable bonds is 9. The molecule has 2 amide bonds. The van der Waals surface area contributed by atoms with E-state index in [0.29, 0.717) is 29.0 Å². The summed E-state index contributed by atoms with van der Waals surface area (Å²) in [5.74, 6) is -0.515. The van der Waals surface area contributed by atoms with E-state index in [9.17, 15) is 14.4 Å². The topological polar surface area (TPSA) is 106 Å². The number of benzene rings is 4. The predicted molar refractivity (Wildman–Crippen MR) is 149 cm³/mol. The van der Waals surface area contributed by atoms with E-state index in [0.717, 1.165) is 15.2 Å².